The van der Waals surface area contributed by atoms with Crippen LogP contribution in [-0.2, 0) is 11.3 Å². The van der Waals surface area contributed by atoms with E-state index in [1.807, 2.05) is 29.5 Å². The van der Waals surface area contributed by atoms with Gasteiger partial charge in [0, 0.05) is 25.0 Å². The zero-order valence-corrected chi connectivity index (χ0v) is 11.7. The fraction of sp³-hybridized carbons (Fsp3) is 0.357. The van der Waals surface area contributed by atoms with Gasteiger partial charge >= 0.3 is 0 Å². The largest absolute Gasteiger partial charge is 0.340 e. The summed E-state index contributed by atoms with van der Waals surface area (Å²) in [6.07, 6.45) is 3.60. The zero-order chi connectivity index (χ0) is 13.4. The third-order valence-corrected chi connectivity index (χ3v) is 3.39. The van der Waals surface area contributed by atoms with Crippen LogP contribution < -0.4 is 0 Å². The van der Waals surface area contributed by atoms with Crippen molar-refractivity contribution >= 4 is 17.2 Å². The Balaban J connectivity index is 2.46. The van der Waals surface area contributed by atoms with Gasteiger partial charge in [-0.1, -0.05) is 18.2 Å². The average Bonchev–Trinajstić information content (AvgIpc) is 2.82. The minimum atomic E-state index is 0.118. The predicted molar refractivity (Wildman–Crippen MR) is 77.6 cm³/mol. The molecule has 1 heterocycles. The Hall–Kier alpha value is -1.39. The smallest absolute Gasteiger partial charge is 0.236 e. The quantitative estimate of drug-likeness (QED) is 0.673. The number of carbonyl (C=O) groups is 1. The predicted octanol–water partition coefficient (Wildman–Crippen LogP) is 2.38. The van der Waals surface area contributed by atoms with Crippen LogP contribution in [0, 0.1) is 0 Å². The van der Waals surface area contributed by atoms with Gasteiger partial charge in [-0.25, -0.2) is 0 Å². The number of carbonyl (C=O) groups excluding carboxylic acids is 1. The van der Waals surface area contributed by atoms with Crippen molar-refractivity contribution in [3.63, 3.8) is 0 Å². The van der Waals surface area contributed by atoms with Crippen LogP contribution in [0.3, 0.4) is 0 Å². The number of thiophene rings is 1. The van der Waals surface area contributed by atoms with Gasteiger partial charge in [0.25, 0.3) is 0 Å². The molecule has 0 unspecified atom stereocenters. The lowest BCUT2D eigenvalue weighted by atomic mass is 10.3. The van der Waals surface area contributed by atoms with Gasteiger partial charge in [-0.3, -0.25) is 9.69 Å². The monoisotopic (exact) mass is 264 g/mol. The van der Waals surface area contributed by atoms with Crippen molar-refractivity contribution in [1.29, 1.82) is 0 Å². The Labute approximate surface area is 113 Å². The Kier molecular flexibility index (Phi) is 6.39. The second-order valence-corrected chi connectivity index (χ2v) is 5.13. The topological polar surface area (TPSA) is 23.6 Å². The Morgan fingerprint density at radius 3 is 2.56 bits per heavy atom. The molecule has 0 aliphatic carbocycles. The molecule has 0 fully saturated rings. The fourth-order valence-electron chi connectivity index (χ4n) is 1.61. The molecule has 1 aromatic rings. The van der Waals surface area contributed by atoms with Gasteiger partial charge < -0.3 is 4.90 Å². The van der Waals surface area contributed by atoms with Crippen LogP contribution in [-0.4, -0.2) is 42.4 Å². The van der Waals surface area contributed by atoms with E-state index in [4.69, 9.17) is 0 Å². The number of likely N-dealkylation sites (N-methyl/N-ethyl adjacent to an activating group) is 1. The van der Waals surface area contributed by atoms with Crippen LogP contribution in [0.5, 0.6) is 0 Å². The highest BCUT2D eigenvalue weighted by atomic mass is 32.1. The summed E-state index contributed by atoms with van der Waals surface area (Å²) >= 11 is 1.67. The van der Waals surface area contributed by atoms with E-state index in [9.17, 15) is 4.79 Å². The van der Waals surface area contributed by atoms with Gasteiger partial charge in [0.05, 0.1) is 13.1 Å². The van der Waals surface area contributed by atoms with Crippen molar-refractivity contribution in [3.8, 4) is 0 Å². The van der Waals surface area contributed by atoms with E-state index >= 15 is 0 Å². The first-order valence-corrected chi connectivity index (χ1v) is 6.75. The number of hydrogen-bond donors (Lipinski definition) is 0. The van der Waals surface area contributed by atoms with Crippen molar-refractivity contribution in [2.75, 3.05) is 26.7 Å². The van der Waals surface area contributed by atoms with Crippen molar-refractivity contribution in [2.24, 2.45) is 0 Å². The Bertz CT molecular complexity index is 377. The first kappa shape index (κ1) is 14.7. The van der Waals surface area contributed by atoms with Gasteiger partial charge in [0.2, 0.25) is 5.91 Å². The van der Waals surface area contributed by atoms with Crippen LogP contribution in [0.2, 0.25) is 0 Å². The normalized spacial score (nSPS) is 10.3. The second kappa shape index (κ2) is 7.84. The molecular weight excluding hydrogens is 244 g/mol. The van der Waals surface area contributed by atoms with Gasteiger partial charge in [-0.2, -0.15) is 0 Å². The molecule has 0 saturated carbocycles. The Morgan fingerprint density at radius 2 is 2.06 bits per heavy atom. The zero-order valence-electron chi connectivity index (χ0n) is 10.8. The highest BCUT2D eigenvalue weighted by Gasteiger charge is 2.13. The summed E-state index contributed by atoms with van der Waals surface area (Å²) in [5, 5.41) is 2.02. The van der Waals surface area contributed by atoms with Crippen LogP contribution in [0.4, 0.5) is 0 Å². The van der Waals surface area contributed by atoms with E-state index in [0.717, 1.165) is 0 Å². The first-order valence-electron chi connectivity index (χ1n) is 5.88. The van der Waals surface area contributed by atoms with E-state index in [-0.39, 0.29) is 5.91 Å². The van der Waals surface area contributed by atoms with E-state index in [1.54, 1.807) is 28.4 Å². The van der Waals surface area contributed by atoms with Crippen LogP contribution in [0.15, 0.2) is 42.8 Å². The van der Waals surface area contributed by atoms with Crippen molar-refractivity contribution < 1.29 is 4.79 Å². The van der Waals surface area contributed by atoms with Gasteiger partial charge in [0.1, 0.15) is 0 Å². The van der Waals surface area contributed by atoms with Gasteiger partial charge in [0.15, 0.2) is 0 Å². The molecule has 0 bridgehead atoms. The maximum Gasteiger partial charge on any atom is 0.236 e. The molecule has 0 radical (unpaired) electrons. The molecule has 1 amide bonds. The SMILES string of the molecule is C=CCN(CC=C)CC(=O)N(C)Cc1cccs1. The summed E-state index contributed by atoms with van der Waals surface area (Å²) in [4.78, 5) is 17.0. The molecule has 4 heteroatoms. The van der Waals surface area contributed by atoms with Crippen LogP contribution in [0.1, 0.15) is 4.88 Å². The number of nitrogens with zero attached hydrogens (tertiary/aromatic N) is 2. The maximum atomic E-state index is 12.0. The third kappa shape index (κ3) is 4.85. The molecule has 0 aromatic carbocycles. The summed E-state index contributed by atoms with van der Waals surface area (Å²) in [6.45, 7) is 9.87. The molecule has 18 heavy (non-hydrogen) atoms. The highest BCUT2D eigenvalue weighted by molar-refractivity contribution is 7.09. The Morgan fingerprint density at radius 1 is 1.39 bits per heavy atom. The van der Waals surface area contributed by atoms with Gasteiger partial charge in [-0.15, -0.1) is 24.5 Å². The molecule has 0 N–H and O–H groups in total. The van der Waals surface area contributed by atoms with E-state index < -0.39 is 0 Å². The van der Waals surface area contributed by atoms with Crippen LogP contribution in [0.25, 0.3) is 0 Å². The summed E-state index contributed by atoms with van der Waals surface area (Å²) in [5.74, 6) is 0.118. The lowest BCUT2D eigenvalue weighted by Gasteiger charge is -2.22. The average molecular weight is 264 g/mol. The molecule has 1 rings (SSSR count). The number of hydrogen-bond acceptors (Lipinski definition) is 3. The minimum absolute atomic E-state index is 0.118. The number of amides is 1. The molecule has 1 aromatic heterocycles. The summed E-state index contributed by atoms with van der Waals surface area (Å²) in [5.41, 5.74) is 0. The molecule has 3 nitrogen and oxygen atoms in total. The third-order valence-electron chi connectivity index (χ3n) is 2.53. The lowest BCUT2D eigenvalue weighted by molar-refractivity contribution is -0.131. The maximum absolute atomic E-state index is 12.0. The molecule has 0 atom stereocenters. The van der Waals surface area contributed by atoms with E-state index in [0.29, 0.717) is 26.2 Å². The number of rotatable bonds is 8. The molecule has 0 aliphatic rings. The minimum Gasteiger partial charge on any atom is -0.340 e. The fourth-order valence-corrected chi connectivity index (χ4v) is 2.36. The van der Waals surface area contributed by atoms with Gasteiger partial charge in [-0.05, 0) is 11.4 Å². The molecule has 98 valence electrons. The van der Waals surface area contributed by atoms with Crippen molar-refractivity contribution in [2.45, 2.75) is 6.54 Å². The molecule has 0 spiro atoms. The van der Waals surface area contributed by atoms with Crippen molar-refractivity contribution in [3.05, 3.63) is 47.7 Å². The molecule has 0 aliphatic heterocycles. The standard InChI is InChI=1S/C14H20N2OS/c1-4-8-16(9-5-2)12-14(17)15(3)11-13-7-6-10-18-13/h4-7,10H,1-2,8-9,11-12H2,3H3. The lowest BCUT2D eigenvalue weighted by Crippen LogP contribution is -2.38. The summed E-state index contributed by atoms with van der Waals surface area (Å²) in [7, 11) is 1.84. The molecule has 0 saturated heterocycles. The van der Waals surface area contributed by atoms with E-state index in [2.05, 4.69) is 13.2 Å². The second-order valence-electron chi connectivity index (χ2n) is 4.10. The van der Waals surface area contributed by atoms with Crippen molar-refractivity contribution in [1.82, 2.24) is 9.80 Å². The highest BCUT2D eigenvalue weighted by Crippen LogP contribution is 2.11. The summed E-state index contributed by atoms with van der Waals surface area (Å²) in [6, 6.07) is 4.04. The first-order chi connectivity index (χ1) is 8.67. The van der Waals surface area contributed by atoms with E-state index in [1.165, 1.54) is 4.88 Å². The molecular formula is C14H20N2OS. The van der Waals surface area contributed by atoms with Crippen LogP contribution >= 0.6 is 11.3 Å². The summed E-state index contributed by atoms with van der Waals surface area (Å²) < 4.78 is 0.